The van der Waals surface area contributed by atoms with Crippen molar-refractivity contribution in [2.45, 2.75) is 31.8 Å². The van der Waals surface area contributed by atoms with E-state index in [1.165, 1.54) is 24.0 Å². The highest BCUT2D eigenvalue weighted by atomic mass is 32.2. The molecule has 0 bridgehead atoms. The molecule has 0 N–H and O–H groups in total. The highest BCUT2D eigenvalue weighted by Crippen LogP contribution is 2.50. The Balaban J connectivity index is 1.42. The molecular weight excluding hydrogens is 458 g/mol. The third-order valence-electron chi connectivity index (χ3n) is 5.23. The molecule has 1 atom stereocenters. The molecule has 8 nitrogen and oxygen atoms in total. The third-order valence-corrected chi connectivity index (χ3v) is 6.36. The predicted octanol–water partition coefficient (Wildman–Crippen LogP) is 4.76. The summed E-state index contributed by atoms with van der Waals surface area (Å²) in [6.45, 7) is 13.1. The highest BCUT2D eigenvalue weighted by molar-refractivity contribution is 7.97. The monoisotopic (exact) mass is 485 g/mol. The van der Waals surface area contributed by atoms with Gasteiger partial charge in [-0.1, -0.05) is 13.2 Å². The van der Waals surface area contributed by atoms with Gasteiger partial charge in [-0.15, -0.1) is 0 Å². The number of fused-ring (bicyclic) bond motifs is 2. The minimum absolute atomic E-state index is 0.0411. The van der Waals surface area contributed by atoms with Gasteiger partial charge < -0.3 is 9.64 Å². The van der Waals surface area contributed by atoms with Crippen LogP contribution in [0.15, 0.2) is 59.2 Å². The van der Waals surface area contributed by atoms with E-state index in [9.17, 15) is 4.79 Å². The maximum atomic E-state index is 13.3. The molecule has 0 fully saturated rings. The molecule has 174 valence electrons. The fourth-order valence-corrected chi connectivity index (χ4v) is 4.82. The van der Waals surface area contributed by atoms with Crippen molar-refractivity contribution in [1.29, 1.82) is 0 Å². The number of aliphatic imine (C=N–C) groups is 1. The zero-order valence-electron chi connectivity index (χ0n) is 19.0. The van der Waals surface area contributed by atoms with Crippen molar-refractivity contribution in [2.75, 3.05) is 24.5 Å². The largest absolute Gasteiger partial charge is 0.380 e. The minimum Gasteiger partial charge on any atom is -0.380 e. The Labute approximate surface area is 202 Å². The number of ether oxygens (including phenoxy) is 1. The summed E-state index contributed by atoms with van der Waals surface area (Å²) in [6, 6.07) is 6.16. The van der Waals surface area contributed by atoms with Gasteiger partial charge in [-0.25, -0.2) is 9.15 Å². The van der Waals surface area contributed by atoms with E-state index in [4.69, 9.17) is 14.1 Å². The molecule has 1 aromatic carbocycles. The minimum atomic E-state index is -0.519. The van der Waals surface area contributed by atoms with Crippen molar-refractivity contribution in [3.63, 3.8) is 0 Å². The van der Waals surface area contributed by atoms with Gasteiger partial charge in [-0.05, 0) is 38.1 Å². The van der Waals surface area contributed by atoms with Crippen molar-refractivity contribution < 1.29 is 13.8 Å². The number of aromatic nitrogens is 2. The Morgan fingerprint density at radius 3 is 2.85 bits per heavy atom. The van der Waals surface area contributed by atoms with Gasteiger partial charge in [0.25, 0.3) is 0 Å². The average molecular weight is 486 g/mol. The van der Waals surface area contributed by atoms with Crippen LogP contribution in [0.5, 0.6) is 0 Å². The number of allylic oxidation sites excluding steroid dienone is 2. The van der Waals surface area contributed by atoms with Gasteiger partial charge in [-0.2, -0.15) is 9.38 Å². The smallest absolute Gasteiger partial charge is 0.234 e. The van der Waals surface area contributed by atoms with Gasteiger partial charge in [0.1, 0.15) is 5.92 Å². The standard InChI is InChI=1S/C23H27N5O3S2/c1-6-19(24-15(3)4)18(14-30-7-2)23(29)26-11-16-12-27(25-20(16)13-26)33-17-8-9-21-22(10-17)28(21)31-32-5/h6,8-10,12,18H,1,3,7,11,13-14H2,2,4-5H3/b24-19+. The molecule has 3 heterocycles. The summed E-state index contributed by atoms with van der Waals surface area (Å²) in [5, 5.41) is 6.50. The molecule has 1 aromatic heterocycles. The third kappa shape index (κ3) is 5.19. The molecule has 0 radical (unpaired) electrons. The number of hydrogen-bond donors (Lipinski definition) is 0. The molecule has 1 unspecified atom stereocenters. The van der Waals surface area contributed by atoms with Gasteiger partial charge in [0, 0.05) is 65.8 Å². The number of amides is 1. The highest BCUT2D eigenvalue weighted by Gasteiger charge is 2.34. The van der Waals surface area contributed by atoms with Crippen LogP contribution in [-0.4, -0.2) is 45.2 Å². The zero-order chi connectivity index (χ0) is 23.5. The van der Waals surface area contributed by atoms with Crippen LogP contribution >= 0.6 is 24.0 Å². The molecule has 2 aliphatic heterocycles. The molecule has 1 amide bonds. The second kappa shape index (κ2) is 10.2. The first-order valence-electron chi connectivity index (χ1n) is 10.6. The number of carbonyl (C=O) groups is 1. The topological polar surface area (TPSA) is 72.0 Å². The van der Waals surface area contributed by atoms with Crippen molar-refractivity contribution in [1.82, 2.24) is 14.1 Å². The summed E-state index contributed by atoms with van der Waals surface area (Å²) >= 11 is 2.85. The summed E-state index contributed by atoms with van der Waals surface area (Å²) < 4.78 is 12.9. The van der Waals surface area contributed by atoms with Gasteiger partial charge >= 0.3 is 0 Å². The van der Waals surface area contributed by atoms with E-state index in [1.54, 1.807) is 23.0 Å². The van der Waals surface area contributed by atoms with Crippen LogP contribution in [-0.2, 0) is 26.9 Å². The lowest BCUT2D eigenvalue weighted by atomic mass is 10.0. The Hall–Kier alpha value is -2.53. The number of rotatable bonds is 11. The Bertz CT molecular complexity index is 1090. The van der Waals surface area contributed by atoms with Gasteiger partial charge in [0.2, 0.25) is 5.91 Å². The molecule has 33 heavy (non-hydrogen) atoms. The first-order valence-corrected chi connectivity index (χ1v) is 12.5. The fourth-order valence-electron chi connectivity index (χ4n) is 3.68. The van der Waals surface area contributed by atoms with E-state index >= 15 is 0 Å². The van der Waals surface area contributed by atoms with Crippen molar-refractivity contribution in [3.8, 4) is 0 Å². The SMILES string of the molecule is C=C/C(=N\C(=C)C)C(COCC)C(=O)N1Cc2cn(Sc3ccc4c(c3)N4OSC)nc2C1. The quantitative estimate of drug-likeness (QED) is 0.258. The number of carbonyl (C=O) groups excluding carboxylic acids is 1. The Morgan fingerprint density at radius 2 is 2.18 bits per heavy atom. The molecule has 2 aromatic rings. The van der Waals surface area contributed by atoms with Gasteiger partial charge in [0.15, 0.2) is 0 Å². The van der Waals surface area contributed by atoms with E-state index in [1.807, 2.05) is 35.6 Å². The second-order valence-electron chi connectivity index (χ2n) is 7.66. The first kappa shape index (κ1) is 23.6. The summed E-state index contributed by atoms with van der Waals surface area (Å²) in [5.41, 5.74) is 5.31. The van der Waals surface area contributed by atoms with E-state index in [0.717, 1.165) is 27.5 Å². The molecule has 2 aliphatic rings. The summed E-state index contributed by atoms with van der Waals surface area (Å²) in [7, 11) is 0. The lowest BCUT2D eigenvalue weighted by Gasteiger charge is -2.23. The molecule has 10 heteroatoms. The predicted molar refractivity (Wildman–Crippen MR) is 133 cm³/mol. The van der Waals surface area contributed by atoms with E-state index in [-0.39, 0.29) is 12.5 Å². The molecule has 0 spiro atoms. The molecular formula is C23H27N5O3S2. The maximum Gasteiger partial charge on any atom is 0.234 e. The van der Waals surface area contributed by atoms with Gasteiger partial charge in [-0.3, -0.25) is 9.79 Å². The van der Waals surface area contributed by atoms with Crippen LogP contribution in [0.3, 0.4) is 0 Å². The van der Waals surface area contributed by atoms with Gasteiger partial charge in [0.05, 0.1) is 35.9 Å². The number of hydrogen-bond acceptors (Lipinski definition) is 8. The van der Waals surface area contributed by atoms with Crippen molar-refractivity contribution >= 4 is 47.0 Å². The number of nitrogens with zero attached hydrogens (tertiary/aromatic N) is 5. The molecule has 0 saturated carbocycles. The van der Waals surface area contributed by atoms with Crippen LogP contribution in [0.4, 0.5) is 11.4 Å². The van der Waals surface area contributed by atoms with E-state index in [2.05, 4.69) is 24.2 Å². The summed E-state index contributed by atoms with van der Waals surface area (Å²) in [4.78, 5) is 20.6. The molecule has 0 saturated heterocycles. The van der Waals surface area contributed by atoms with Crippen LogP contribution in [0.1, 0.15) is 25.1 Å². The lowest BCUT2D eigenvalue weighted by molar-refractivity contribution is -0.135. The fraction of sp³-hybridized carbons (Fsp3) is 0.348. The molecule has 0 aliphatic carbocycles. The van der Waals surface area contributed by atoms with Crippen LogP contribution < -0.4 is 5.06 Å². The Kier molecular flexibility index (Phi) is 7.28. The summed E-state index contributed by atoms with van der Waals surface area (Å²) in [5.74, 6) is -0.560. The zero-order valence-corrected chi connectivity index (χ0v) is 20.6. The maximum absolute atomic E-state index is 13.3. The summed E-state index contributed by atoms with van der Waals surface area (Å²) in [6.07, 6.45) is 5.49. The number of benzene rings is 1. The van der Waals surface area contributed by atoms with Crippen LogP contribution in [0, 0.1) is 5.92 Å². The number of anilines is 2. The van der Waals surface area contributed by atoms with E-state index in [0.29, 0.717) is 31.1 Å². The first-order chi connectivity index (χ1) is 15.9. The molecule has 4 rings (SSSR count). The van der Waals surface area contributed by atoms with Crippen LogP contribution in [0.2, 0.25) is 0 Å². The van der Waals surface area contributed by atoms with Crippen molar-refractivity contribution in [2.24, 2.45) is 10.9 Å². The lowest BCUT2D eigenvalue weighted by Crippen LogP contribution is -2.38. The van der Waals surface area contributed by atoms with Crippen LogP contribution in [0.25, 0.3) is 0 Å². The van der Waals surface area contributed by atoms with Crippen molar-refractivity contribution in [3.05, 3.63) is 60.6 Å². The van der Waals surface area contributed by atoms with E-state index < -0.39 is 5.92 Å². The normalized spacial score (nSPS) is 15.3. The second-order valence-corrected chi connectivity index (χ2v) is 9.17. The Morgan fingerprint density at radius 1 is 1.36 bits per heavy atom. The average Bonchev–Trinajstić information content (AvgIpc) is 3.10.